The summed E-state index contributed by atoms with van der Waals surface area (Å²) in [5.74, 6) is -0.524. The first-order chi connectivity index (χ1) is 16.2. The lowest BCUT2D eigenvalue weighted by Crippen LogP contribution is -2.31. The zero-order chi connectivity index (χ0) is 24.4. The number of benzene rings is 2. The van der Waals surface area contributed by atoms with Crippen molar-refractivity contribution in [3.8, 4) is 22.5 Å². The Morgan fingerprint density at radius 1 is 1.12 bits per heavy atom. The number of carbonyl (C=O) groups is 1. The summed E-state index contributed by atoms with van der Waals surface area (Å²) in [5.41, 5.74) is 7.72. The summed E-state index contributed by atoms with van der Waals surface area (Å²) >= 11 is 0. The van der Waals surface area contributed by atoms with Gasteiger partial charge in [0, 0.05) is 23.1 Å². The molecule has 3 aromatic rings. The number of aryl methyl sites for hydroxylation is 2. The highest BCUT2D eigenvalue weighted by Gasteiger charge is 2.26. The van der Waals surface area contributed by atoms with Gasteiger partial charge in [0.2, 0.25) is 0 Å². The monoisotopic (exact) mass is 459 g/mol. The highest BCUT2D eigenvalue weighted by atomic mass is 19.1. The van der Waals surface area contributed by atoms with E-state index in [1.165, 1.54) is 12.1 Å². The zero-order valence-electron chi connectivity index (χ0n) is 20.0. The van der Waals surface area contributed by atoms with Crippen molar-refractivity contribution in [3.05, 3.63) is 82.7 Å². The van der Waals surface area contributed by atoms with Crippen LogP contribution < -0.4 is 0 Å². The minimum absolute atomic E-state index is 0.0223. The molecule has 2 aromatic carbocycles. The molecule has 0 spiro atoms. The molecule has 1 aromatic heterocycles. The fourth-order valence-electron chi connectivity index (χ4n) is 4.34. The van der Waals surface area contributed by atoms with E-state index in [1.54, 1.807) is 12.1 Å². The maximum atomic E-state index is 13.7. The Bertz CT molecular complexity index is 1230. The molecule has 34 heavy (non-hydrogen) atoms. The smallest absolute Gasteiger partial charge is 0.309 e. The lowest BCUT2D eigenvalue weighted by atomic mass is 9.90. The van der Waals surface area contributed by atoms with Gasteiger partial charge in [-0.25, -0.2) is 9.37 Å². The Morgan fingerprint density at radius 3 is 2.53 bits per heavy atom. The summed E-state index contributed by atoms with van der Waals surface area (Å²) in [6.45, 7) is 8.38. The molecule has 2 heterocycles. The number of carbonyl (C=O) groups excluding carboxylic acids is 1. The van der Waals surface area contributed by atoms with Gasteiger partial charge in [0.1, 0.15) is 11.9 Å². The van der Waals surface area contributed by atoms with Crippen LogP contribution in [0.5, 0.6) is 0 Å². The number of nitrogens with zero attached hydrogens (tertiary/aromatic N) is 1. The van der Waals surface area contributed by atoms with Gasteiger partial charge in [0.25, 0.3) is 0 Å². The standard InChI is InChI=1S/C29H30FNO3/c1-17(2)25-16-27(26-13-18(3)5-6-19(26)4)31-29(20-7-9-21(30)10-8-20)24(25)12-11-23-14-22(32)15-28(33)34-23/h5-13,16-17,22-23,32H,14-15H2,1-4H3/t22-,23-/m1/s1. The first-order valence-electron chi connectivity index (χ1n) is 11.7. The number of hydrogen-bond acceptors (Lipinski definition) is 4. The first kappa shape index (κ1) is 23.8. The van der Waals surface area contributed by atoms with Crippen LogP contribution in [0.3, 0.4) is 0 Å². The van der Waals surface area contributed by atoms with E-state index in [0.29, 0.717) is 6.42 Å². The minimum Gasteiger partial charge on any atom is -0.458 e. The highest BCUT2D eigenvalue weighted by molar-refractivity contribution is 5.79. The minimum atomic E-state index is -0.707. The molecule has 0 aliphatic carbocycles. The molecular formula is C29H30FNO3. The largest absolute Gasteiger partial charge is 0.458 e. The van der Waals surface area contributed by atoms with Crippen LogP contribution in [-0.2, 0) is 9.53 Å². The van der Waals surface area contributed by atoms with Gasteiger partial charge in [0.05, 0.1) is 23.9 Å². The highest BCUT2D eigenvalue weighted by Crippen LogP contribution is 2.35. The summed E-state index contributed by atoms with van der Waals surface area (Å²) in [7, 11) is 0. The van der Waals surface area contributed by atoms with Crippen molar-refractivity contribution in [1.29, 1.82) is 0 Å². The number of hydrogen-bond donors (Lipinski definition) is 1. The second-order valence-corrected chi connectivity index (χ2v) is 9.32. The van der Waals surface area contributed by atoms with Gasteiger partial charge in [0.15, 0.2) is 0 Å². The Labute approximate surface area is 200 Å². The molecule has 1 aliphatic rings. The summed E-state index contributed by atoms with van der Waals surface area (Å²) in [6.07, 6.45) is 2.91. The van der Waals surface area contributed by atoms with E-state index in [1.807, 2.05) is 12.2 Å². The number of ether oxygens (including phenoxy) is 1. The molecular weight excluding hydrogens is 429 g/mol. The van der Waals surface area contributed by atoms with E-state index < -0.39 is 18.2 Å². The molecule has 0 amide bonds. The molecule has 4 rings (SSSR count). The van der Waals surface area contributed by atoms with Gasteiger partial charge in [-0.05, 0) is 73.4 Å². The molecule has 4 nitrogen and oxygen atoms in total. The second kappa shape index (κ2) is 9.90. The number of rotatable bonds is 5. The summed E-state index contributed by atoms with van der Waals surface area (Å²) in [5, 5.41) is 9.98. The molecule has 0 bridgehead atoms. The first-order valence-corrected chi connectivity index (χ1v) is 11.7. The Balaban J connectivity index is 1.89. The Morgan fingerprint density at radius 2 is 1.85 bits per heavy atom. The SMILES string of the molecule is Cc1ccc(C)c(-c2cc(C(C)C)c(C=C[C@@H]3C[C@@H](O)CC(=O)O3)c(-c3ccc(F)cc3)n2)c1. The molecule has 1 fully saturated rings. The van der Waals surface area contributed by atoms with Gasteiger partial charge in [-0.2, -0.15) is 0 Å². The average Bonchev–Trinajstić information content (AvgIpc) is 2.78. The fraction of sp³-hybridized carbons (Fsp3) is 0.310. The molecule has 0 unspecified atom stereocenters. The molecule has 1 N–H and O–H groups in total. The van der Waals surface area contributed by atoms with Crippen LogP contribution in [0, 0.1) is 19.7 Å². The van der Waals surface area contributed by atoms with Crippen LogP contribution >= 0.6 is 0 Å². The Kier molecular flexibility index (Phi) is 6.94. The van der Waals surface area contributed by atoms with Crippen molar-refractivity contribution < 1.29 is 19.0 Å². The predicted molar refractivity (Wildman–Crippen MR) is 133 cm³/mol. The van der Waals surface area contributed by atoms with Crippen molar-refractivity contribution in [3.63, 3.8) is 0 Å². The third-order valence-corrected chi connectivity index (χ3v) is 6.17. The number of esters is 1. The topological polar surface area (TPSA) is 59.4 Å². The van der Waals surface area contributed by atoms with Gasteiger partial charge >= 0.3 is 5.97 Å². The number of pyridine rings is 1. The third-order valence-electron chi connectivity index (χ3n) is 6.17. The van der Waals surface area contributed by atoms with Crippen molar-refractivity contribution in [2.45, 2.75) is 58.7 Å². The van der Waals surface area contributed by atoms with E-state index in [4.69, 9.17) is 9.72 Å². The molecule has 1 aliphatic heterocycles. The lowest BCUT2D eigenvalue weighted by Gasteiger charge is -2.24. The fourth-order valence-corrected chi connectivity index (χ4v) is 4.34. The van der Waals surface area contributed by atoms with Gasteiger partial charge in [-0.1, -0.05) is 37.6 Å². The number of aromatic nitrogens is 1. The van der Waals surface area contributed by atoms with E-state index in [0.717, 1.165) is 44.8 Å². The van der Waals surface area contributed by atoms with E-state index in [9.17, 15) is 14.3 Å². The zero-order valence-corrected chi connectivity index (χ0v) is 20.0. The third kappa shape index (κ3) is 5.26. The Hall–Kier alpha value is -3.31. The van der Waals surface area contributed by atoms with Crippen LogP contribution in [-0.4, -0.2) is 28.3 Å². The predicted octanol–water partition coefficient (Wildman–Crippen LogP) is 6.37. The van der Waals surface area contributed by atoms with Crippen LogP contribution in [0.25, 0.3) is 28.6 Å². The summed E-state index contributed by atoms with van der Waals surface area (Å²) < 4.78 is 19.1. The van der Waals surface area contributed by atoms with Crippen molar-refractivity contribution in [2.75, 3.05) is 0 Å². The summed E-state index contributed by atoms with van der Waals surface area (Å²) in [4.78, 5) is 16.8. The second-order valence-electron chi connectivity index (χ2n) is 9.32. The van der Waals surface area contributed by atoms with Crippen LogP contribution in [0.1, 0.15) is 54.9 Å². The van der Waals surface area contributed by atoms with Crippen molar-refractivity contribution >= 4 is 12.0 Å². The van der Waals surface area contributed by atoms with Crippen molar-refractivity contribution in [1.82, 2.24) is 4.98 Å². The average molecular weight is 460 g/mol. The molecule has 2 atom stereocenters. The maximum Gasteiger partial charge on any atom is 0.309 e. The van der Waals surface area contributed by atoms with E-state index in [2.05, 4.69) is 52.0 Å². The molecule has 1 saturated heterocycles. The number of aliphatic hydroxyl groups excluding tert-OH is 1. The van der Waals surface area contributed by atoms with E-state index >= 15 is 0 Å². The van der Waals surface area contributed by atoms with Gasteiger partial charge < -0.3 is 9.84 Å². The van der Waals surface area contributed by atoms with Crippen molar-refractivity contribution in [2.24, 2.45) is 0 Å². The number of aliphatic hydroxyl groups is 1. The normalized spacial score (nSPS) is 18.5. The van der Waals surface area contributed by atoms with Crippen LogP contribution in [0.4, 0.5) is 4.39 Å². The molecule has 5 heteroatoms. The number of halogens is 1. The van der Waals surface area contributed by atoms with Gasteiger partial charge in [-0.15, -0.1) is 0 Å². The van der Waals surface area contributed by atoms with Crippen LogP contribution in [0.2, 0.25) is 0 Å². The molecule has 0 saturated carbocycles. The quantitative estimate of drug-likeness (QED) is 0.450. The lowest BCUT2D eigenvalue weighted by molar-refractivity contribution is -0.156. The van der Waals surface area contributed by atoms with Crippen LogP contribution in [0.15, 0.2) is 54.6 Å². The van der Waals surface area contributed by atoms with Gasteiger partial charge in [-0.3, -0.25) is 4.79 Å². The van der Waals surface area contributed by atoms with E-state index in [-0.39, 0.29) is 18.2 Å². The number of cyclic esters (lactones) is 1. The molecule has 176 valence electrons. The summed E-state index contributed by atoms with van der Waals surface area (Å²) in [6, 6.07) is 14.8. The molecule has 0 radical (unpaired) electrons. The maximum absolute atomic E-state index is 13.7.